The predicted octanol–water partition coefficient (Wildman–Crippen LogP) is 4.48. The Morgan fingerprint density at radius 3 is 2.52 bits per heavy atom. The summed E-state index contributed by atoms with van der Waals surface area (Å²) < 4.78 is 2.54. The molecule has 0 atom stereocenters. The van der Waals surface area contributed by atoms with Gasteiger partial charge in [-0.3, -0.25) is 4.79 Å². The van der Waals surface area contributed by atoms with E-state index in [0.29, 0.717) is 16.5 Å². The maximum absolute atomic E-state index is 12.2. The Hall–Kier alpha value is -3.04. The molecule has 4 aromatic rings. The number of aromatic nitrogens is 4. The molecule has 2 N–H and O–H groups in total. The van der Waals surface area contributed by atoms with Crippen LogP contribution in [0.15, 0.2) is 70.8 Å². The van der Waals surface area contributed by atoms with Crippen LogP contribution in [0.3, 0.4) is 0 Å². The lowest BCUT2D eigenvalue weighted by Gasteiger charge is -2.08. The molecule has 0 saturated carbocycles. The van der Waals surface area contributed by atoms with Gasteiger partial charge in [0.15, 0.2) is 11.6 Å². The molecule has 0 fully saturated rings. The molecule has 0 saturated heterocycles. The highest BCUT2D eigenvalue weighted by molar-refractivity contribution is 9.10. The van der Waals surface area contributed by atoms with Crippen LogP contribution in [0.1, 0.15) is 9.67 Å². The van der Waals surface area contributed by atoms with Gasteiger partial charge >= 0.3 is 0 Å². The van der Waals surface area contributed by atoms with Crippen molar-refractivity contribution >= 4 is 50.4 Å². The van der Waals surface area contributed by atoms with Crippen LogP contribution in [0.25, 0.3) is 5.82 Å². The molecule has 27 heavy (non-hydrogen) atoms. The van der Waals surface area contributed by atoms with Gasteiger partial charge in [-0.2, -0.15) is 5.10 Å². The van der Waals surface area contributed by atoms with Crippen molar-refractivity contribution in [3.8, 4) is 5.82 Å². The Balaban J connectivity index is 1.39. The fourth-order valence-corrected chi connectivity index (χ4v) is 3.65. The van der Waals surface area contributed by atoms with E-state index in [1.807, 2.05) is 47.8 Å². The summed E-state index contributed by atoms with van der Waals surface area (Å²) in [5.74, 6) is 1.13. The van der Waals surface area contributed by atoms with Crippen molar-refractivity contribution in [3.63, 3.8) is 0 Å². The monoisotopic (exact) mass is 440 g/mol. The predicted molar refractivity (Wildman–Crippen MR) is 109 cm³/mol. The number of nitrogens with zero attached hydrogens (tertiary/aromatic N) is 4. The lowest BCUT2D eigenvalue weighted by molar-refractivity contribution is 0.103. The van der Waals surface area contributed by atoms with Crippen LogP contribution >= 0.6 is 27.3 Å². The molecule has 7 nitrogen and oxygen atoms in total. The van der Waals surface area contributed by atoms with Crippen molar-refractivity contribution in [1.82, 2.24) is 20.0 Å². The first-order valence-electron chi connectivity index (χ1n) is 7.93. The standard InChI is InChI=1S/C18H13BrN6OS/c19-12-10-15(27-11-12)18(26)22-14-4-2-13(3-5-14)21-16-6-7-17(24-23-16)25-9-1-8-20-25/h1-11H,(H,21,23)(H,22,26). The molecule has 1 amide bonds. The molecule has 0 aliphatic rings. The number of halogens is 1. The van der Waals surface area contributed by atoms with E-state index in [1.54, 1.807) is 23.1 Å². The highest BCUT2D eigenvalue weighted by atomic mass is 79.9. The summed E-state index contributed by atoms with van der Waals surface area (Å²) in [5, 5.41) is 20.3. The summed E-state index contributed by atoms with van der Waals surface area (Å²) in [4.78, 5) is 12.8. The van der Waals surface area contributed by atoms with Gasteiger partial charge in [-0.25, -0.2) is 4.68 Å². The SMILES string of the molecule is O=C(Nc1ccc(Nc2ccc(-n3cccn3)nn2)cc1)c1cc(Br)cs1. The van der Waals surface area contributed by atoms with E-state index in [9.17, 15) is 4.79 Å². The zero-order valence-electron chi connectivity index (χ0n) is 13.8. The maximum atomic E-state index is 12.2. The van der Waals surface area contributed by atoms with Crippen LogP contribution in [0.5, 0.6) is 0 Å². The van der Waals surface area contributed by atoms with Gasteiger partial charge in [0.1, 0.15) is 0 Å². The third-order valence-electron chi connectivity index (χ3n) is 3.60. The second-order valence-electron chi connectivity index (χ2n) is 5.51. The average molecular weight is 441 g/mol. The normalized spacial score (nSPS) is 10.6. The Kier molecular flexibility index (Phi) is 4.95. The second kappa shape index (κ2) is 7.68. The highest BCUT2D eigenvalue weighted by Crippen LogP contribution is 2.22. The van der Waals surface area contributed by atoms with E-state index < -0.39 is 0 Å². The van der Waals surface area contributed by atoms with E-state index >= 15 is 0 Å². The van der Waals surface area contributed by atoms with E-state index in [-0.39, 0.29) is 5.91 Å². The number of anilines is 3. The number of hydrogen-bond donors (Lipinski definition) is 2. The first kappa shape index (κ1) is 17.4. The van der Waals surface area contributed by atoms with Gasteiger partial charge in [0.25, 0.3) is 5.91 Å². The fraction of sp³-hybridized carbons (Fsp3) is 0. The Bertz CT molecular complexity index is 1040. The molecule has 4 rings (SSSR count). The van der Waals surface area contributed by atoms with Crippen molar-refractivity contribution in [3.05, 3.63) is 75.7 Å². The van der Waals surface area contributed by atoms with Crippen LogP contribution in [0.4, 0.5) is 17.2 Å². The molecule has 1 aromatic carbocycles. The minimum absolute atomic E-state index is 0.133. The van der Waals surface area contributed by atoms with Gasteiger partial charge in [0.05, 0.1) is 4.88 Å². The maximum Gasteiger partial charge on any atom is 0.265 e. The van der Waals surface area contributed by atoms with Crippen LogP contribution < -0.4 is 10.6 Å². The van der Waals surface area contributed by atoms with E-state index in [1.165, 1.54) is 11.3 Å². The third kappa shape index (κ3) is 4.21. The Morgan fingerprint density at radius 2 is 1.89 bits per heavy atom. The summed E-state index contributed by atoms with van der Waals surface area (Å²) in [6.07, 6.45) is 3.49. The first-order chi connectivity index (χ1) is 13.2. The molecule has 0 radical (unpaired) electrons. The van der Waals surface area contributed by atoms with Crippen LogP contribution in [-0.4, -0.2) is 25.9 Å². The van der Waals surface area contributed by atoms with Crippen molar-refractivity contribution in [2.45, 2.75) is 0 Å². The zero-order valence-corrected chi connectivity index (χ0v) is 16.2. The molecule has 3 aromatic heterocycles. The molecule has 9 heteroatoms. The number of nitrogens with one attached hydrogen (secondary N) is 2. The number of rotatable bonds is 5. The highest BCUT2D eigenvalue weighted by Gasteiger charge is 2.09. The number of thiophene rings is 1. The number of carbonyl (C=O) groups excluding carboxylic acids is 1. The number of amides is 1. The molecule has 134 valence electrons. The van der Waals surface area contributed by atoms with Crippen LogP contribution in [-0.2, 0) is 0 Å². The smallest absolute Gasteiger partial charge is 0.265 e. The molecular formula is C18H13BrN6OS. The van der Waals surface area contributed by atoms with Gasteiger partial charge in [-0.15, -0.1) is 21.5 Å². The van der Waals surface area contributed by atoms with Gasteiger partial charge in [-0.1, -0.05) is 0 Å². The third-order valence-corrected chi connectivity index (χ3v) is 5.29. The van der Waals surface area contributed by atoms with Gasteiger partial charge in [-0.05, 0) is 64.5 Å². The molecule has 0 spiro atoms. The van der Waals surface area contributed by atoms with E-state index in [2.05, 4.69) is 41.9 Å². The van der Waals surface area contributed by atoms with Crippen molar-refractivity contribution in [2.75, 3.05) is 10.6 Å². The van der Waals surface area contributed by atoms with Gasteiger partial charge < -0.3 is 10.6 Å². The second-order valence-corrected chi connectivity index (χ2v) is 7.34. The van der Waals surface area contributed by atoms with Crippen molar-refractivity contribution < 1.29 is 4.79 Å². The summed E-state index contributed by atoms with van der Waals surface area (Å²) in [6.45, 7) is 0. The summed E-state index contributed by atoms with van der Waals surface area (Å²) in [7, 11) is 0. The molecular weight excluding hydrogens is 428 g/mol. The van der Waals surface area contributed by atoms with Crippen molar-refractivity contribution in [1.29, 1.82) is 0 Å². The molecule has 0 aliphatic carbocycles. The van der Waals surface area contributed by atoms with Crippen molar-refractivity contribution in [2.24, 2.45) is 0 Å². The summed E-state index contributed by atoms with van der Waals surface area (Å²) in [5.41, 5.74) is 1.56. The lowest BCUT2D eigenvalue weighted by atomic mass is 10.2. The lowest BCUT2D eigenvalue weighted by Crippen LogP contribution is -2.09. The Morgan fingerprint density at radius 1 is 1.07 bits per heavy atom. The summed E-state index contributed by atoms with van der Waals surface area (Å²) >= 11 is 4.74. The summed E-state index contributed by atoms with van der Waals surface area (Å²) in [6, 6.07) is 14.7. The quantitative estimate of drug-likeness (QED) is 0.477. The molecule has 0 aliphatic heterocycles. The number of hydrogen-bond acceptors (Lipinski definition) is 6. The first-order valence-corrected chi connectivity index (χ1v) is 9.61. The van der Waals surface area contributed by atoms with Crippen LogP contribution in [0.2, 0.25) is 0 Å². The van der Waals surface area contributed by atoms with Gasteiger partial charge in [0, 0.05) is 33.6 Å². The van der Waals surface area contributed by atoms with E-state index in [0.717, 1.165) is 15.8 Å². The number of carbonyl (C=O) groups is 1. The average Bonchev–Trinajstić information content (AvgIpc) is 3.36. The minimum Gasteiger partial charge on any atom is -0.339 e. The topological polar surface area (TPSA) is 84.7 Å². The molecule has 0 unspecified atom stereocenters. The zero-order chi connectivity index (χ0) is 18.6. The molecule has 3 heterocycles. The Labute approximate surface area is 167 Å². The largest absolute Gasteiger partial charge is 0.339 e. The van der Waals surface area contributed by atoms with E-state index in [4.69, 9.17) is 0 Å². The van der Waals surface area contributed by atoms with Crippen LogP contribution in [0, 0.1) is 0 Å². The fourth-order valence-electron chi connectivity index (χ4n) is 2.33. The van der Waals surface area contributed by atoms with Gasteiger partial charge in [0.2, 0.25) is 0 Å². The minimum atomic E-state index is -0.133. The molecule has 0 bridgehead atoms. The number of benzene rings is 1.